The summed E-state index contributed by atoms with van der Waals surface area (Å²) in [7, 11) is 0. The van der Waals surface area contributed by atoms with Crippen LogP contribution in [0.25, 0.3) is 0 Å². The maximum absolute atomic E-state index is 13.3. The summed E-state index contributed by atoms with van der Waals surface area (Å²) in [6.07, 6.45) is 7.66. The molecule has 3 aromatic rings. The number of aromatic nitrogens is 2. The van der Waals surface area contributed by atoms with Crippen molar-refractivity contribution in [1.29, 1.82) is 0 Å². The highest BCUT2D eigenvalue weighted by Crippen LogP contribution is 2.38. The van der Waals surface area contributed by atoms with Crippen molar-refractivity contribution in [3.05, 3.63) is 77.3 Å². The van der Waals surface area contributed by atoms with Gasteiger partial charge in [-0.1, -0.05) is 43.5 Å². The lowest BCUT2D eigenvalue weighted by atomic mass is 9.83. The smallest absolute Gasteiger partial charge is 0.271 e. The molecule has 2 bridgehead atoms. The minimum atomic E-state index is -0.920. The third-order valence-corrected chi connectivity index (χ3v) is 8.63. The van der Waals surface area contributed by atoms with Gasteiger partial charge < -0.3 is 18.7 Å². The van der Waals surface area contributed by atoms with Crippen LogP contribution in [-0.4, -0.2) is 45.5 Å². The van der Waals surface area contributed by atoms with Crippen LogP contribution < -0.4 is 4.74 Å². The Morgan fingerprint density at radius 1 is 1.00 bits per heavy atom. The van der Waals surface area contributed by atoms with Gasteiger partial charge in [0.05, 0.1) is 13.1 Å². The molecule has 1 aliphatic carbocycles. The predicted molar refractivity (Wildman–Crippen MR) is 133 cm³/mol. The summed E-state index contributed by atoms with van der Waals surface area (Å²) < 4.78 is 26.4. The molecule has 7 heteroatoms. The Hall–Kier alpha value is -2.77. The Morgan fingerprint density at radius 3 is 2.56 bits per heavy atom. The maximum atomic E-state index is 13.3. The monoisotopic (exact) mass is 492 g/mol. The molecule has 2 aromatic carbocycles. The number of ether oxygens (including phenoxy) is 1. The molecule has 1 saturated carbocycles. The second-order valence-electron chi connectivity index (χ2n) is 11.0. The number of rotatable bonds is 7. The summed E-state index contributed by atoms with van der Waals surface area (Å²) in [5.41, 5.74) is 2.11. The summed E-state index contributed by atoms with van der Waals surface area (Å²) >= 11 is 0. The third-order valence-electron chi connectivity index (χ3n) is 8.63. The summed E-state index contributed by atoms with van der Waals surface area (Å²) in [5.74, 6) is 2.38. The van der Waals surface area contributed by atoms with E-state index in [1.165, 1.54) is 49.8 Å². The fourth-order valence-corrected chi connectivity index (χ4v) is 6.55. The maximum Gasteiger partial charge on any atom is 0.271 e. The molecular formula is C29H35FN3O3+. The van der Waals surface area contributed by atoms with Crippen LogP contribution in [-0.2, 0) is 6.54 Å². The summed E-state index contributed by atoms with van der Waals surface area (Å²) in [6.45, 7) is 3.61. The van der Waals surface area contributed by atoms with Crippen LogP contribution in [0.1, 0.15) is 79.9 Å². The zero-order valence-electron chi connectivity index (χ0n) is 20.7. The van der Waals surface area contributed by atoms with Crippen molar-refractivity contribution in [1.82, 2.24) is 10.2 Å². The van der Waals surface area contributed by atoms with Gasteiger partial charge in [0.15, 0.2) is 18.8 Å². The number of benzene rings is 2. The molecule has 0 unspecified atom stereocenters. The largest absolute Gasteiger partial charge is 0.484 e. The van der Waals surface area contributed by atoms with Crippen molar-refractivity contribution in [3.63, 3.8) is 0 Å². The van der Waals surface area contributed by atoms with E-state index in [1.807, 2.05) is 12.1 Å². The number of nitrogens with zero attached hydrogens (tertiary/aromatic N) is 3. The van der Waals surface area contributed by atoms with Crippen LogP contribution >= 0.6 is 0 Å². The van der Waals surface area contributed by atoms with Crippen LogP contribution in [0.5, 0.6) is 5.75 Å². The Balaban J connectivity index is 1.13. The van der Waals surface area contributed by atoms with Gasteiger partial charge in [-0.05, 0) is 54.2 Å². The van der Waals surface area contributed by atoms with E-state index in [0.717, 1.165) is 42.5 Å². The van der Waals surface area contributed by atoms with Gasteiger partial charge >= 0.3 is 0 Å². The number of hydrogen-bond acceptors (Lipinski definition) is 5. The zero-order chi connectivity index (χ0) is 24.5. The third kappa shape index (κ3) is 4.91. The highest BCUT2D eigenvalue weighted by molar-refractivity contribution is 5.30. The number of fused-ring (bicyclic) bond motifs is 3. The van der Waals surface area contributed by atoms with Crippen molar-refractivity contribution in [2.45, 2.75) is 69.6 Å². The molecule has 0 amide bonds. The number of piperidine rings is 3. The quantitative estimate of drug-likeness (QED) is 0.440. The fourth-order valence-electron chi connectivity index (χ4n) is 6.55. The van der Waals surface area contributed by atoms with Crippen molar-refractivity contribution in [2.24, 2.45) is 5.92 Å². The number of aliphatic hydroxyl groups is 1. The van der Waals surface area contributed by atoms with E-state index >= 15 is 0 Å². The average Bonchev–Trinajstić information content (AvgIpc) is 3.38. The number of hydrogen-bond donors (Lipinski definition) is 1. The molecule has 4 heterocycles. The SMILES string of the molecule is O[C@H](c1cccc(C2CCCCC2)c1)c1nnc(C[N+]23CCC(CC2)[C@@H](Oc2ccc(F)cc2)C3)o1. The first-order valence-electron chi connectivity index (χ1n) is 13.4. The van der Waals surface area contributed by atoms with Gasteiger partial charge in [-0.25, -0.2) is 4.39 Å². The van der Waals surface area contributed by atoms with E-state index in [9.17, 15) is 9.50 Å². The molecule has 7 rings (SSSR count). The number of halogens is 1. The van der Waals surface area contributed by atoms with E-state index < -0.39 is 6.10 Å². The van der Waals surface area contributed by atoms with E-state index in [4.69, 9.17) is 9.15 Å². The lowest BCUT2D eigenvalue weighted by Gasteiger charge is -2.51. The van der Waals surface area contributed by atoms with E-state index in [1.54, 1.807) is 12.1 Å². The molecule has 1 aromatic heterocycles. The van der Waals surface area contributed by atoms with Gasteiger partial charge in [0, 0.05) is 18.8 Å². The minimum absolute atomic E-state index is 0.0912. The molecule has 1 N–H and O–H groups in total. The summed E-state index contributed by atoms with van der Waals surface area (Å²) in [5, 5.41) is 19.6. The Bertz CT molecular complexity index is 1170. The second-order valence-corrected chi connectivity index (χ2v) is 11.0. The van der Waals surface area contributed by atoms with Crippen molar-refractivity contribution in [2.75, 3.05) is 19.6 Å². The molecule has 4 fully saturated rings. The Labute approximate surface area is 211 Å². The van der Waals surface area contributed by atoms with Crippen LogP contribution in [0.15, 0.2) is 52.9 Å². The van der Waals surface area contributed by atoms with E-state index in [-0.39, 0.29) is 17.8 Å². The van der Waals surface area contributed by atoms with Gasteiger partial charge in [0.2, 0.25) is 5.89 Å². The van der Waals surface area contributed by atoms with Gasteiger partial charge in [-0.2, -0.15) is 0 Å². The zero-order valence-corrected chi connectivity index (χ0v) is 20.7. The lowest BCUT2D eigenvalue weighted by Crippen LogP contribution is -2.64. The van der Waals surface area contributed by atoms with E-state index in [2.05, 4.69) is 22.3 Å². The molecular weight excluding hydrogens is 457 g/mol. The van der Waals surface area contributed by atoms with Crippen molar-refractivity contribution >= 4 is 0 Å². The molecule has 3 saturated heterocycles. The van der Waals surface area contributed by atoms with Gasteiger partial charge in [0.25, 0.3) is 5.89 Å². The first-order valence-corrected chi connectivity index (χ1v) is 13.4. The predicted octanol–water partition coefficient (Wildman–Crippen LogP) is 5.53. The van der Waals surface area contributed by atoms with Crippen molar-refractivity contribution in [3.8, 4) is 5.75 Å². The number of quaternary nitrogens is 1. The van der Waals surface area contributed by atoms with E-state index in [0.29, 0.717) is 30.0 Å². The van der Waals surface area contributed by atoms with Gasteiger partial charge in [0.1, 0.15) is 18.1 Å². The normalized spacial score (nSPS) is 27.2. The molecule has 190 valence electrons. The first kappa shape index (κ1) is 23.6. The Kier molecular flexibility index (Phi) is 6.52. The topological polar surface area (TPSA) is 68.4 Å². The molecule has 2 atom stereocenters. The molecule has 0 spiro atoms. The van der Waals surface area contributed by atoms with Gasteiger partial charge in [-0.3, -0.25) is 0 Å². The summed E-state index contributed by atoms with van der Waals surface area (Å²) in [4.78, 5) is 0. The summed E-state index contributed by atoms with van der Waals surface area (Å²) in [6, 6.07) is 14.5. The van der Waals surface area contributed by atoms with Gasteiger partial charge in [-0.15, -0.1) is 10.2 Å². The lowest BCUT2D eigenvalue weighted by molar-refractivity contribution is -0.959. The molecule has 0 radical (unpaired) electrons. The molecule has 36 heavy (non-hydrogen) atoms. The van der Waals surface area contributed by atoms with Crippen molar-refractivity contribution < 1.29 is 23.1 Å². The highest BCUT2D eigenvalue weighted by atomic mass is 19.1. The van der Waals surface area contributed by atoms with Crippen LogP contribution in [0.2, 0.25) is 0 Å². The standard InChI is InChI=1S/C29H35FN3O3/c30-24-9-11-25(12-10-24)35-26-18-33(15-13-21(26)14-16-33)19-27-31-32-29(36-27)28(34)23-8-4-7-22(17-23)20-5-2-1-3-6-20/h4,7-12,17,20-21,26,28,34H,1-3,5-6,13-16,18-19H2/q+1/t21?,26-,28+,33?/m0/s1. The fraction of sp³-hybridized carbons (Fsp3) is 0.517. The second kappa shape index (κ2) is 9.94. The van der Waals surface area contributed by atoms with Crippen LogP contribution in [0, 0.1) is 11.7 Å². The minimum Gasteiger partial charge on any atom is -0.484 e. The van der Waals surface area contributed by atoms with Crippen LogP contribution in [0.3, 0.4) is 0 Å². The Morgan fingerprint density at radius 2 is 1.78 bits per heavy atom. The highest BCUT2D eigenvalue weighted by Gasteiger charge is 2.48. The first-order chi connectivity index (χ1) is 17.6. The molecule has 4 aliphatic rings. The average molecular weight is 493 g/mol. The molecule has 6 nitrogen and oxygen atoms in total. The molecule has 3 aliphatic heterocycles. The number of aliphatic hydroxyl groups excluding tert-OH is 1. The van der Waals surface area contributed by atoms with Crippen LogP contribution in [0.4, 0.5) is 4.39 Å².